The predicted molar refractivity (Wildman–Crippen MR) is 68.4 cm³/mol. The molecule has 0 saturated carbocycles. The lowest BCUT2D eigenvalue weighted by atomic mass is 10.1. The molecule has 1 amide bonds. The van der Waals surface area contributed by atoms with E-state index in [1.165, 1.54) is 6.08 Å². The standard InChI is InChI=1S/C13H16ClNO/c1-13(2,3)15-12(16)9-8-10-6-4-5-7-11(10)14/h4-9H,1-3H3,(H,15,16). The topological polar surface area (TPSA) is 29.1 Å². The molecule has 1 rings (SSSR count). The fourth-order valence-electron chi connectivity index (χ4n) is 1.19. The van der Waals surface area contributed by atoms with Crippen molar-refractivity contribution >= 4 is 23.6 Å². The molecule has 0 aromatic heterocycles. The van der Waals surface area contributed by atoms with Crippen LogP contribution >= 0.6 is 11.6 Å². The fraction of sp³-hybridized carbons (Fsp3) is 0.308. The van der Waals surface area contributed by atoms with E-state index in [1.807, 2.05) is 39.0 Å². The first-order valence-electron chi connectivity index (χ1n) is 5.13. The molecule has 16 heavy (non-hydrogen) atoms. The molecule has 86 valence electrons. The van der Waals surface area contributed by atoms with E-state index in [9.17, 15) is 4.79 Å². The molecule has 0 fully saturated rings. The largest absolute Gasteiger partial charge is 0.348 e. The lowest BCUT2D eigenvalue weighted by Gasteiger charge is -2.18. The molecule has 0 aliphatic carbocycles. The minimum Gasteiger partial charge on any atom is -0.348 e. The second kappa shape index (κ2) is 5.17. The first-order chi connectivity index (χ1) is 7.38. The summed E-state index contributed by atoms with van der Waals surface area (Å²) in [6, 6.07) is 7.40. The molecule has 0 atom stereocenters. The van der Waals surface area contributed by atoms with Crippen molar-refractivity contribution in [3.8, 4) is 0 Å². The third kappa shape index (κ3) is 4.49. The maximum absolute atomic E-state index is 11.5. The van der Waals surface area contributed by atoms with Gasteiger partial charge in [0, 0.05) is 16.6 Å². The molecule has 0 aliphatic rings. The Morgan fingerprint density at radius 3 is 2.50 bits per heavy atom. The maximum Gasteiger partial charge on any atom is 0.244 e. The molecule has 0 aliphatic heterocycles. The highest BCUT2D eigenvalue weighted by molar-refractivity contribution is 6.32. The van der Waals surface area contributed by atoms with Crippen LogP contribution in [-0.4, -0.2) is 11.4 Å². The maximum atomic E-state index is 11.5. The molecular weight excluding hydrogens is 222 g/mol. The molecule has 0 heterocycles. The molecule has 0 bridgehead atoms. The minimum absolute atomic E-state index is 0.118. The van der Waals surface area contributed by atoms with Gasteiger partial charge in [-0.25, -0.2) is 0 Å². The molecule has 0 saturated heterocycles. The lowest BCUT2D eigenvalue weighted by molar-refractivity contribution is -0.117. The molecule has 0 spiro atoms. The lowest BCUT2D eigenvalue weighted by Crippen LogP contribution is -2.39. The Kier molecular flexibility index (Phi) is 4.13. The van der Waals surface area contributed by atoms with Crippen LogP contribution in [0.15, 0.2) is 30.3 Å². The molecule has 2 nitrogen and oxygen atoms in total. The zero-order chi connectivity index (χ0) is 12.2. The summed E-state index contributed by atoms with van der Waals surface area (Å²) >= 11 is 5.96. The number of benzene rings is 1. The fourth-order valence-corrected chi connectivity index (χ4v) is 1.39. The van der Waals surface area contributed by atoms with Crippen LogP contribution in [0, 0.1) is 0 Å². The summed E-state index contributed by atoms with van der Waals surface area (Å²) in [5.74, 6) is -0.118. The molecule has 1 aromatic rings. The third-order valence-corrected chi connectivity index (χ3v) is 2.16. The number of amides is 1. The Bertz CT molecular complexity index is 405. The number of halogens is 1. The van der Waals surface area contributed by atoms with Gasteiger partial charge in [-0.1, -0.05) is 29.8 Å². The SMILES string of the molecule is CC(C)(C)NC(=O)C=Cc1ccccc1Cl. The number of rotatable bonds is 2. The van der Waals surface area contributed by atoms with Gasteiger partial charge in [-0.15, -0.1) is 0 Å². The molecule has 3 heteroatoms. The Morgan fingerprint density at radius 2 is 1.94 bits per heavy atom. The van der Waals surface area contributed by atoms with Crippen LogP contribution in [0.3, 0.4) is 0 Å². The zero-order valence-corrected chi connectivity index (χ0v) is 10.5. The number of carbonyl (C=O) groups is 1. The highest BCUT2D eigenvalue weighted by Crippen LogP contribution is 2.16. The van der Waals surface area contributed by atoms with Gasteiger partial charge in [-0.2, -0.15) is 0 Å². The first kappa shape index (κ1) is 12.8. The van der Waals surface area contributed by atoms with E-state index in [0.29, 0.717) is 5.02 Å². The van der Waals surface area contributed by atoms with Crippen molar-refractivity contribution in [1.82, 2.24) is 5.32 Å². The van der Waals surface area contributed by atoms with Crippen molar-refractivity contribution in [2.24, 2.45) is 0 Å². The molecule has 1 aromatic carbocycles. The number of hydrogen-bond acceptors (Lipinski definition) is 1. The van der Waals surface area contributed by atoms with E-state index in [1.54, 1.807) is 12.1 Å². The third-order valence-electron chi connectivity index (χ3n) is 1.82. The second-order valence-electron chi connectivity index (χ2n) is 4.59. The van der Waals surface area contributed by atoms with Crippen molar-refractivity contribution < 1.29 is 4.79 Å². The van der Waals surface area contributed by atoms with Crippen LogP contribution in [0.4, 0.5) is 0 Å². The summed E-state index contributed by atoms with van der Waals surface area (Å²) in [6.45, 7) is 5.82. The summed E-state index contributed by atoms with van der Waals surface area (Å²) in [5.41, 5.74) is 0.621. The first-order valence-corrected chi connectivity index (χ1v) is 5.51. The average molecular weight is 238 g/mol. The number of nitrogens with one attached hydrogen (secondary N) is 1. The zero-order valence-electron chi connectivity index (χ0n) is 9.75. The van der Waals surface area contributed by atoms with Crippen molar-refractivity contribution in [3.05, 3.63) is 40.9 Å². The van der Waals surface area contributed by atoms with Crippen molar-refractivity contribution in [1.29, 1.82) is 0 Å². The van der Waals surface area contributed by atoms with E-state index in [4.69, 9.17) is 11.6 Å². The normalized spacial score (nSPS) is 11.8. The number of hydrogen-bond donors (Lipinski definition) is 1. The minimum atomic E-state index is -0.220. The Hall–Kier alpha value is -1.28. The predicted octanol–water partition coefficient (Wildman–Crippen LogP) is 3.27. The molecule has 0 radical (unpaired) electrons. The van der Waals surface area contributed by atoms with Gasteiger partial charge in [0.1, 0.15) is 0 Å². The monoisotopic (exact) mass is 237 g/mol. The van der Waals surface area contributed by atoms with E-state index in [2.05, 4.69) is 5.32 Å². The summed E-state index contributed by atoms with van der Waals surface area (Å²) < 4.78 is 0. The van der Waals surface area contributed by atoms with Gasteiger partial charge >= 0.3 is 0 Å². The van der Waals surface area contributed by atoms with Crippen LogP contribution in [0.1, 0.15) is 26.3 Å². The van der Waals surface area contributed by atoms with E-state index in [0.717, 1.165) is 5.56 Å². The van der Waals surface area contributed by atoms with Crippen molar-refractivity contribution in [2.45, 2.75) is 26.3 Å². The number of carbonyl (C=O) groups excluding carboxylic acids is 1. The summed E-state index contributed by atoms with van der Waals surface area (Å²) in [6.07, 6.45) is 3.20. The van der Waals surface area contributed by atoms with Gasteiger partial charge in [0.25, 0.3) is 0 Å². The highest BCUT2D eigenvalue weighted by atomic mass is 35.5. The molecular formula is C13H16ClNO. The second-order valence-corrected chi connectivity index (χ2v) is 5.00. The summed E-state index contributed by atoms with van der Waals surface area (Å²) in [4.78, 5) is 11.5. The van der Waals surface area contributed by atoms with Crippen molar-refractivity contribution in [2.75, 3.05) is 0 Å². The van der Waals surface area contributed by atoms with Gasteiger partial charge in [0.15, 0.2) is 0 Å². The van der Waals surface area contributed by atoms with E-state index >= 15 is 0 Å². The molecule has 1 N–H and O–H groups in total. The van der Waals surface area contributed by atoms with Crippen molar-refractivity contribution in [3.63, 3.8) is 0 Å². The van der Waals surface area contributed by atoms with Gasteiger partial charge in [0.2, 0.25) is 5.91 Å². The van der Waals surface area contributed by atoms with E-state index < -0.39 is 0 Å². The van der Waals surface area contributed by atoms with Crippen LogP contribution in [-0.2, 0) is 4.79 Å². The quantitative estimate of drug-likeness (QED) is 0.786. The summed E-state index contributed by atoms with van der Waals surface area (Å²) in [5, 5.41) is 3.48. The van der Waals surface area contributed by atoms with Crippen LogP contribution in [0.2, 0.25) is 5.02 Å². The summed E-state index contributed by atoms with van der Waals surface area (Å²) in [7, 11) is 0. The van der Waals surface area contributed by atoms with Crippen LogP contribution in [0.5, 0.6) is 0 Å². The average Bonchev–Trinajstić information content (AvgIpc) is 2.14. The van der Waals surface area contributed by atoms with Gasteiger partial charge in [-0.05, 0) is 38.5 Å². The smallest absolute Gasteiger partial charge is 0.244 e. The van der Waals surface area contributed by atoms with E-state index in [-0.39, 0.29) is 11.4 Å². The Labute approximate surface area is 101 Å². The van der Waals surface area contributed by atoms with Crippen LogP contribution in [0.25, 0.3) is 6.08 Å². The molecule has 0 unspecified atom stereocenters. The van der Waals surface area contributed by atoms with Crippen LogP contribution < -0.4 is 5.32 Å². The van der Waals surface area contributed by atoms with Gasteiger partial charge in [-0.3, -0.25) is 4.79 Å². The Morgan fingerprint density at radius 1 is 1.31 bits per heavy atom. The highest BCUT2D eigenvalue weighted by Gasteiger charge is 2.11. The Balaban J connectivity index is 2.68. The van der Waals surface area contributed by atoms with Gasteiger partial charge < -0.3 is 5.32 Å². The van der Waals surface area contributed by atoms with Gasteiger partial charge in [0.05, 0.1) is 0 Å².